The van der Waals surface area contributed by atoms with E-state index in [0.29, 0.717) is 5.88 Å². The second kappa shape index (κ2) is 3.09. The second-order valence-corrected chi connectivity index (χ2v) is 3.82. The maximum Gasteiger partial charge on any atom is 0.0671 e. The SMILES string of the molecule is Cn1cc(CCl)c(CC2CC2)n1. The van der Waals surface area contributed by atoms with Crippen LogP contribution in [0.1, 0.15) is 24.1 Å². The van der Waals surface area contributed by atoms with Crippen molar-refractivity contribution < 1.29 is 0 Å². The van der Waals surface area contributed by atoms with Crippen LogP contribution in [0.15, 0.2) is 6.20 Å². The van der Waals surface area contributed by atoms with E-state index in [9.17, 15) is 0 Å². The molecule has 0 atom stereocenters. The number of nitrogens with zero attached hydrogens (tertiary/aromatic N) is 2. The normalized spacial score (nSPS) is 16.8. The number of alkyl halides is 1. The van der Waals surface area contributed by atoms with Gasteiger partial charge in [-0.05, 0) is 25.2 Å². The lowest BCUT2D eigenvalue weighted by Gasteiger charge is -1.94. The monoisotopic (exact) mass is 184 g/mol. The van der Waals surface area contributed by atoms with Gasteiger partial charge in [0.05, 0.1) is 11.6 Å². The van der Waals surface area contributed by atoms with E-state index in [0.717, 1.165) is 12.3 Å². The maximum absolute atomic E-state index is 5.80. The van der Waals surface area contributed by atoms with Crippen LogP contribution >= 0.6 is 11.6 Å². The van der Waals surface area contributed by atoms with Gasteiger partial charge in [0, 0.05) is 18.8 Å². The molecule has 1 aliphatic carbocycles. The Kier molecular flexibility index (Phi) is 2.09. The number of hydrogen-bond acceptors (Lipinski definition) is 1. The molecule has 12 heavy (non-hydrogen) atoms. The van der Waals surface area contributed by atoms with E-state index < -0.39 is 0 Å². The molecule has 1 aliphatic rings. The maximum atomic E-state index is 5.80. The summed E-state index contributed by atoms with van der Waals surface area (Å²) in [4.78, 5) is 0. The molecular weight excluding hydrogens is 172 g/mol. The molecule has 2 nitrogen and oxygen atoms in total. The lowest BCUT2D eigenvalue weighted by molar-refractivity contribution is 0.716. The minimum absolute atomic E-state index is 0.593. The summed E-state index contributed by atoms with van der Waals surface area (Å²) in [5.74, 6) is 1.48. The van der Waals surface area contributed by atoms with Gasteiger partial charge in [-0.15, -0.1) is 11.6 Å². The first-order valence-corrected chi connectivity index (χ1v) is 4.90. The van der Waals surface area contributed by atoms with Crippen LogP contribution in [-0.2, 0) is 19.3 Å². The zero-order valence-corrected chi connectivity index (χ0v) is 8.01. The minimum atomic E-state index is 0.593. The number of aromatic nitrogens is 2. The number of aryl methyl sites for hydroxylation is 1. The highest BCUT2D eigenvalue weighted by molar-refractivity contribution is 6.17. The van der Waals surface area contributed by atoms with Gasteiger partial charge in [0.1, 0.15) is 0 Å². The molecule has 66 valence electrons. The average molecular weight is 185 g/mol. The zero-order chi connectivity index (χ0) is 8.55. The van der Waals surface area contributed by atoms with Crippen LogP contribution in [0.3, 0.4) is 0 Å². The predicted molar refractivity (Wildman–Crippen MR) is 49.2 cm³/mol. The van der Waals surface area contributed by atoms with Crippen LogP contribution in [0, 0.1) is 5.92 Å². The smallest absolute Gasteiger partial charge is 0.0671 e. The summed E-state index contributed by atoms with van der Waals surface area (Å²) in [6.45, 7) is 0. The van der Waals surface area contributed by atoms with E-state index in [2.05, 4.69) is 5.10 Å². The summed E-state index contributed by atoms with van der Waals surface area (Å²) in [6.07, 6.45) is 5.89. The highest BCUT2D eigenvalue weighted by Crippen LogP contribution is 2.33. The molecular formula is C9H13ClN2. The van der Waals surface area contributed by atoms with Crippen molar-refractivity contribution in [2.45, 2.75) is 25.1 Å². The van der Waals surface area contributed by atoms with Crippen molar-refractivity contribution in [2.24, 2.45) is 13.0 Å². The van der Waals surface area contributed by atoms with E-state index >= 15 is 0 Å². The van der Waals surface area contributed by atoms with Gasteiger partial charge in [0.25, 0.3) is 0 Å². The fourth-order valence-electron chi connectivity index (χ4n) is 1.46. The lowest BCUT2D eigenvalue weighted by Crippen LogP contribution is -1.93. The van der Waals surface area contributed by atoms with Crippen molar-refractivity contribution in [3.63, 3.8) is 0 Å². The van der Waals surface area contributed by atoms with E-state index in [1.165, 1.54) is 24.1 Å². The number of hydrogen-bond donors (Lipinski definition) is 0. The molecule has 0 spiro atoms. The van der Waals surface area contributed by atoms with E-state index in [4.69, 9.17) is 11.6 Å². The summed E-state index contributed by atoms with van der Waals surface area (Å²) in [5.41, 5.74) is 2.40. The Bertz CT molecular complexity index is 276. The van der Waals surface area contributed by atoms with Crippen molar-refractivity contribution in [1.82, 2.24) is 9.78 Å². The molecule has 1 aromatic heterocycles. The summed E-state index contributed by atoms with van der Waals surface area (Å²) in [5, 5.41) is 4.39. The van der Waals surface area contributed by atoms with E-state index in [1.54, 1.807) is 0 Å². The fraction of sp³-hybridized carbons (Fsp3) is 0.667. The van der Waals surface area contributed by atoms with Gasteiger partial charge in [-0.1, -0.05) is 0 Å². The third-order valence-electron chi connectivity index (χ3n) is 2.31. The van der Waals surface area contributed by atoms with Crippen LogP contribution < -0.4 is 0 Å². The molecule has 1 aromatic rings. The highest BCUT2D eigenvalue weighted by atomic mass is 35.5. The zero-order valence-electron chi connectivity index (χ0n) is 7.26. The molecule has 1 saturated carbocycles. The Morgan fingerprint density at radius 1 is 1.67 bits per heavy atom. The first kappa shape index (κ1) is 8.11. The van der Waals surface area contributed by atoms with Crippen molar-refractivity contribution >= 4 is 11.6 Å². The molecule has 0 N–H and O–H groups in total. The Morgan fingerprint density at radius 3 is 3.00 bits per heavy atom. The molecule has 0 bridgehead atoms. The first-order chi connectivity index (χ1) is 5.79. The Hall–Kier alpha value is -0.500. The summed E-state index contributed by atoms with van der Waals surface area (Å²) in [6, 6.07) is 0. The largest absolute Gasteiger partial charge is 0.275 e. The Labute approximate surface area is 77.5 Å². The summed E-state index contributed by atoms with van der Waals surface area (Å²) >= 11 is 5.80. The van der Waals surface area contributed by atoms with Crippen LogP contribution in [0.5, 0.6) is 0 Å². The average Bonchev–Trinajstić information content (AvgIpc) is 2.76. The quantitative estimate of drug-likeness (QED) is 0.658. The molecule has 0 unspecified atom stereocenters. The van der Waals surface area contributed by atoms with Gasteiger partial charge in [0.2, 0.25) is 0 Å². The standard InChI is InChI=1S/C9H13ClN2/c1-12-6-8(5-10)9(11-12)4-7-2-3-7/h6-7H,2-5H2,1H3. The number of halogens is 1. The molecule has 1 fully saturated rings. The topological polar surface area (TPSA) is 17.8 Å². The predicted octanol–water partition coefficient (Wildman–Crippen LogP) is 2.11. The van der Waals surface area contributed by atoms with Crippen LogP contribution in [0.4, 0.5) is 0 Å². The van der Waals surface area contributed by atoms with Crippen molar-refractivity contribution in [3.05, 3.63) is 17.5 Å². The third-order valence-corrected chi connectivity index (χ3v) is 2.60. The molecule has 1 heterocycles. The van der Waals surface area contributed by atoms with Crippen LogP contribution in [0.2, 0.25) is 0 Å². The Balaban J connectivity index is 2.15. The van der Waals surface area contributed by atoms with Gasteiger partial charge >= 0.3 is 0 Å². The van der Waals surface area contributed by atoms with Crippen molar-refractivity contribution in [2.75, 3.05) is 0 Å². The molecule has 2 rings (SSSR count). The minimum Gasteiger partial charge on any atom is -0.275 e. The molecule has 3 heteroatoms. The van der Waals surface area contributed by atoms with E-state index in [1.807, 2.05) is 17.9 Å². The Morgan fingerprint density at radius 2 is 2.42 bits per heavy atom. The third kappa shape index (κ3) is 1.63. The summed E-state index contributed by atoms with van der Waals surface area (Å²) in [7, 11) is 1.95. The number of rotatable bonds is 3. The van der Waals surface area contributed by atoms with Gasteiger partial charge < -0.3 is 0 Å². The molecule has 0 radical (unpaired) electrons. The van der Waals surface area contributed by atoms with Crippen LogP contribution in [-0.4, -0.2) is 9.78 Å². The van der Waals surface area contributed by atoms with Crippen LogP contribution in [0.25, 0.3) is 0 Å². The van der Waals surface area contributed by atoms with Crippen molar-refractivity contribution in [3.8, 4) is 0 Å². The molecule has 0 aromatic carbocycles. The lowest BCUT2D eigenvalue weighted by atomic mass is 10.1. The van der Waals surface area contributed by atoms with Crippen molar-refractivity contribution in [1.29, 1.82) is 0 Å². The highest BCUT2D eigenvalue weighted by Gasteiger charge is 2.23. The van der Waals surface area contributed by atoms with Gasteiger partial charge in [-0.2, -0.15) is 5.10 Å². The van der Waals surface area contributed by atoms with Gasteiger partial charge in [-0.3, -0.25) is 4.68 Å². The first-order valence-electron chi connectivity index (χ1n) is 4.37. The second-order valence-electron chi connectivity index (χ2n) is 3.56. The summed E-state index contributed by atoms with van der Waals surface area (Å²) < 4.78 is 1.86. The van der Waals surface area contributed by atoms with E-state index in [-0.39, 0.29) is 0 Å². The van der Waals surface area contributed by atoms with Gasteiger partial charge in [0.15, 0.2) is 0 Å². The molecule has 0 saturated heterocycles. The van der Waals surface area contributed by atoms with Gasteiger partial charge in [-0.25, -0.2) is 0 Å². The fourth-order valence-corrected chi connectivity index (χ4v) is 1.69. The molecule has 0 amide bonds. The molecule has 0 aliphatic heterocycles.